The van der Waals surface area contributed by atoms with Gasteiger partial charge in [0.15, 0.2) is 0 Å². The van der Waals surface area contributed by atoms with Crippen molar-refractivity contribution in [1.82, 2.24) is 0 Å². The van der Waals surface area contributed by atoms with Gasteiger partial charge < -0.3 is 19.9 Å². The molecule has 2 N–H and O–H groups in total. The summed E-state index contributed by atoms with van der Waals surface area (Å²) < 4.78 is 51.6. The fraction of sp³-hybridized carbons (Fsp3) is 0.240. The second-order valence-electron chi connectivity index (χ2n) is 7.61. The second-order valence-corrected chi connectivity index (χ2v) is 7.61. The lowest BCUT2D eigenvalue weighted by Crippen LogP contribution is -2.40. The number of nitrogens with zero attached hydrogens (tertiary/aromatic N) is 2. The molecule has 0 amide bonds. The monoisotopic (exact) mass is 501 g/mol. The Labute approximate surface area is 205 Å². The number of anilines is 1. The molecule has 1 aliphatic rings. The van der Waals surface area contributed by atoms with E-state index in [0.717, 1.165) is 14.2 Å². The fourth-order valence-electron chi connectivity index (χ4n) is 3.81. The lowest BCUT2D eigenvalue weighted by molar-refractivity contribution is -0.176. The molecule has 3 rings (SSSR count). The maximum Gasteiger partial charge on any atom is 0.411 e. The van der Waals surface area contributed by atoms with Crippen molar-refractivity contribution in [3.63, 3.8) is 0 Å². The average Bonchev–Trinajstić information content (AvgIpc) is 2.87. The van der Waals surface area contributed by atoms with Crippen molar-refractivity contribution in [2.45, 2.75) is 18.7 Å². The van der Waals surface area contributed by atoms with E-state index in [1.165, 1.54) is 29.2 Å². The summed E-state index contributed by atoms with van der Waals surface area (Å²) in [6, 6.07) is 16.4. The van der Waals surface area contributed by atoms with Crippen LogP contribution in [0.4, 0.5) is 18.9 Å². The number of allylic oxidation sites excluding steroid dienone is 1. The summed E-state index contributed by atoms with van der Waals surface area (Å²) in [7, 11) is 2.26. The van der Waals surface area contributed by atoms with Gasteiger partial charge in [-0.1, -0.05) is 42.5 Å². The number of carbonyl (C=O) groups is 2. The zero-order valence-electron chi connectivity index (χ0n) is 19.3. The number of nitriles is 1. The van der Waals surface area contributed by atoms with Crippen LogP contribution in [0.3, 0.4) is 0 Å². The molecule has 0 bridgehead atoms. The Morgan fingerprint density at radius 2 is 1.64 bits per heavy atom. The third-order valence-electron chi connectivity index (χ3n) is 5.34. The Hall–Kier alpha value is -4.30. The molecule has 2 aromatic carbocycles. The van der Waals surface area contributed by atoms with Gasteiger partial charge in [0, 0.05) is 5.69 Å². The van der Waals surface area contributed by atoms with Crippen molar-refractivity contribution in [3.05, 3.63) is 88.4 Å². The highest BCUT2D eigenvalue weighted by atomic mass is 19.4. The zero-order valence-corrected chi connectivity index (χ0v) is 19.3. The van der Waals surface area contributed by atoms with Crippen LogP contribution in [0.15, 0.2) is 77.3 Å². The summed E-state index contributed by atoms with van der Waals surface area (Å²) >= 11 is 0. The molecule has 0 aliphatic carbocycles. The Kier molecular flexibility index (Phi) is 8.01. The first-order chi connectivity index (χ1) is 17.1. The van der Waals surface area contributed by atoms with E-state index in [-0.39, 0.29) is 35.0 Å². The predicted molar refractivity (Wildman–Crippen MR) is 122 cm³/mol. The topological polar surface area (TPSA) is 115 Å². The molecule has 36 heavy (non-hydrogen) atoms. The van der Waals surface area contributed by atoms with E-state index in [9.17, 15) is 28.0 Å². The van der Waals surface area contributed by atoms with Crippen LogP contribution in [0, 0.1) is 11.3 Å². The standard InChI is InChI=1S/C25H22F3N3O5/c1-34-23(32)20-19(16-6-4-3-5-7-16)18(12-29)22(30)31(21(20)24(33)35-2)17-10-8-15(9-11-17)13-36-14-25(26,27)28/h3-11,19H,13-14,30H2,1-2H3. The van der Waals surface area contributed by atoms with Gasteiger partial charge in [0.25, 0.3) is 0 Å². The highest BCUT2D eigenvalue weighted by Crippen LogP contribution is 2.43. The van der Waals surface area contributed by atoms with Gasteiger partial charge in [0.2, 0.25) is 0 Å². The number of hydrogen-bond acceptors (Lipinski definition) is 8. The first-order valence-electron chi connectivity index (χ1n) is 10.5. The molecule has 11 heteroatoms. The lowest BCUT2D eigenvalue weighted by Gasteiger charge is -2.35. The van der Waals surface area contributed by atoms with Gasteiger partial charge in [0.1, 0.15) is 18.1 Å². The van der Waals surface area contributed by atoms with Crippen LogP contribution in [0.2, 0.25) is 0 Å². The number of halogens is 3. The number of rotatable bonds is 7. The highest BCUT2D eigenvalue weighted by molar-refractivity contribution is 6.06. The maximum atomic E-state index is 13.0. The van der Waals surface area contributed by atoms with E-state index in [1.54, 1.807) is 30.3 Å². The Morgan fingerprint density at radius 3 is 2.17 bits per heavy atom. The fourth-order valence-corrected chi connectivity index (χ4v) is 3.81. The van der Waals surface area contributed by atoms with Gasteiger partial charge in [-0.25, -0.2) is 9.59 Å². The first-order valence-corrected chi connectivity index (χ1v) is 10.5. The molecule has 0 spiro atoms. The van der Waals surface area contributed by atoms with E-state index in [0.29, 0.717) is 11.1 Å². The number of ether oxygens (including phenoxy) is 3. The smallest absolute Gasteiger partial charge is 0.411 e. The molecule has 0 radical (unpaired) electrons. The molecule has 2 aromatic rings. The van der Waals surface area contributed by atoms with E-state index < -0.39 is 30.6 Å². The van der Waals surface area contributed by atoms with Crippen LogP contribution in [0.1, 0.15) is 17.0 Å². The second kappa shape index (κ2) is 11.0. The average molecular weight is 501 g/mol. The number of methoxy groups -OCH3 is 2. The molecular formula is C25H22F3N3O5. The van der Waals surface area contributed by atoms with Crippen molar-refractivity contribution in [3.8, 4) is 6.07 Å². The molecule has 1 atom stereocenters. The molecule has 1 unspecified atom stereocenters. The van der Waals surface area contributed by atoms with Gasteiger partial charge in [-0.2, -0.15) is 18.4 Å². The van der Waals surface area contributed by atoms with Gasteiger partial charge in [-0.15, -0.1) is 0 Å². The van der Waals surface area contributed by atoms with Crippen molar-refractivity contribution < 1.29 is 37.0 Å². The molecule has 0 saturated carbocycles. The van der Waals surface area contributed by atoms with E-state index >= 15 is 0 Å². The zero-order chi connectivity index (χ0) is 26.5. The summed E-state index contributed by atoms with van der Waals surface area (Å²) in [4.78, 5) is 27.2. The van der Waals surface area contributed by atoms with Gasteiger partial charge in [-0.05, 0) is 23.3 Å². The minimum absolute atomic E-state index is 0.00756. The minimum Gasteiger partial charge on any atom is -0.466 e. The normalized spacial score (nSPS) is 16.0. The largest absolute Gasteiger partial charge is 0.466 e. The van der Waals surface area contributed by atoms with Crippen LogP contribution in [-0.2, 0) is 30.4 Å². The SMILES string of the molecule is COC(=O)C1=C(C(=O)OC)N(c2ccc(COCC(F)(F)F)cc2)C(N)=C(C#N)C1c1ccccc1. The Balaban J connectivity index is 2.15. The number of nitrogens with two attached hydrogens (primary N) is 1. The lowest BCUT2D eigenvalue weighted by atomic mass is 9.81. The van der Waals surface area contributed by atoms with Crippen LogP contribution in [0.25, 0.3) is 0 Å². The van der Waals surface area contributed by atoms with Crippen LogP contribution in [-0.4, -0.2) is 38.9 Å². The number of carbonyl (C=O) groups excluding carboxylic acids is 2. The summed E-state index contributed by atoms with van der Waals surface area (Å²) in [5.74, 6) is -2.91. The third-order valence-corrected chi connectivity index (χ3v) is 5.34. The number of hydrogen-bond donors (Lipinski definition) is 1. The van der Waals surface area contributed by atoms with Crippen molar-refractivity contribution in [2.24, 2.45) is 5.73 Å². The highest BCUT2D eigenvalue weighted by Gasteiger charge is 2.43. The van der Waals surface area contributed by atoms with Crippen molar-refractivity contribution in [1.29, 1.82) is 5.26 Å². The molecule has 0 fully saturated rings. The molecular weight excluding hydrogens is 479 g/mol. The van der Waals surface area contributed by atoms with E-state index in [1.807, 2.05) is 6.07 Å². The van der Waals surface area contributed by atoms with Gasteiger partial charge >= 0.3 is 18.1 Å². The molecule has 0 saturated heterocycles. The third kappa shape index (κ3) is 5.50. The van der Waals surface area contributed by atoms with Gasteiger partial charge in [0.05, 0.1) is 44.0 Å². The van der Waals surface area contributed by atoms with Gasteiger partial charge in [-0.3, -0.25) is 4.90 Å². The first kappa shape index (κ1) is 26.3. The maximum absolute atomic E-state index is 13.0. The Bertz CT molecular complexity index is 1230. The quantitative estimate of drug-likeness (QED) is 0.572. The molecule has 1 heterocycles. The molecule has 8 nitrogen and oxygen atoms in total. The van der Waals surface area contributed by atoms with Crippen LogP contribution >= 0.6 is 0 Å². The summed E-state index contributed by atoms with van der Waals surface area (Å²) in [5, 5.41) is 10.0. The Morgan fingerprint density at radius 1 is 1.03 bits per heavy atom. The molecule has 0 aromatic heterocycles. The number of alkyl halides is 3. The number of esters is 2. The van der Waals surface area contributed by atoms with Crippen LogP contribution < -0.4 is 10.6 Å². The van der Waals surface area contributed by atoms with Crippen molar-refractivity contribution in [2.75, 3.05) is 25.7 Å². The summed E-state index contributed by atoms with van der Waals surface area (Å²) in [5.41, 5.74) is 7.17. The predicted octanol–water partition coefficient (Wildman–Crippen LogP) is 3.66. The number of benzene rings is 2. The summed E-state index contributed by atoms with van der Waals surface area (Å²) in [6.45, 7) is -1.71. The molecule has 1 aliphatic heterocycles. The summed E-state index contributed by atoms with van der Waals surface area (Å²) in [6.07, 6.45) is -4.46. The van der Waals surface area contributed by atoms with Crippen LogP contribution in [0.5, 0.6) is 0 Å². The van der Waals surface area contributed by atoms with E-state index in [2.05, 4.69) is 4.74 Å². The molecule has 188 valence electrons. The van der Waals surface area contributed by atoms with Crippen molar-refractivity contribution >= 4 is 17.6 Å². The minimum atomic E-state index is -4.46. The van der Waals surface area contributed by atoms with E-state index in [4.69, 9.17) is 15.2 Å².